The Hall–Kier alpha value is -3.12. The zero-order valence-corrected chi connectivity index (χ0v) is 19.5. The quantitative estimate of drug-likeness (QED) is 0.375. The number of carbonyl (C=O) groups excluding carboxylic acids is 4. The minimum Gasteiger partial charge on any atom is -0.466 e. The fourth-order valence-electron chi connectivity index (χ4n) is 1.56. The van der Waals surface area contributed by atoms with Gasteiger partial charge in [0, 0.05) is 12.1 Å². The molecule has 0 bridgehead atoms. The lowest BCUT2D eigenvalue weighted by Gasteiger charge is -2.12. The normalized spacial score (nSPS) is 13.5. The van der Waals surface area contributed by atoms with Gasteiger partial charge in [-0.2, -0.15) is 0 Å². The highest BCUT2D eigenvalue weighted by atomic mass is 16.5. The number of ether oxygens (including phenoxy) is 2. The van der Waals surface area contributed by atoms with Crippen molar-refractivity contribution in [3.05, 3.63) is 23.8 Å². The maximum atomic E-state index is 10.9. The summed E-state index contributed by atoms with van der Waals surface area (Å²) in [6, 6.07) is -0.252. The Labute approximate surface area is 188 Å². The van der Waals surface area contributed by atoms with E-state index in [0.29, 0.717) is 13.2 Å². The summed E-state index contributed by atoms with van der Waals surface area (Å²) in [5.41, 5.74) is 20.7. The van der Waals surface area contributed by atoms with E-state index in [4.69, 9.17) is 32.4 Å². The molecule has 0 saturated carbocycles. The summed E-state index contributed by atoms with van der Waals surface area (Å²) < 4.78 is 9.49. The molecule has 0 fully saturated rings. The molecule has 1 aromatic heterocycles. The first-order valence-corrected chi connectivity index (χ1v) is 10.1. The van der Waals surface area contributed by atoms with Gasteiger partial charge in [-0.05, 0) is 27.7 Å². The number of nitrogens with two attached hydrogens (primary N) is 4. The van der Waals surface area contributed by atoms with Crippen LogP contribution < -0.4 is 22.9 Å². The van der Waals surface area contributed by atoms with Crippen molar-refractivity contribution < 1.29 is 28.7 Å². The lowest BCUT2D eigenvalue weighted by atomic mass is 10.1. The molecule has 4 atom stereocenters. The molecular formula is C20H36N6O6. The minimum absolute atomic E-state index is 0.000000000000000222. The monoisotopic (exact) mass is 456 g/mol. The third-order valence-electron chi connectivity index (χ3n) is 4.05. The number of esters is 2. The van der Waals surface area contributed by atoms with Crippen molar-refractivity contribution in [2.45, 2.75) is 53.6 Å². The minimum atomic E-state index is -0.696. The van der Waals surface area contributed by atoms with Crippen LogP contribution >= 0.6 is 0 Å². The molecule has 1 heterocycles. The predicted octanol–water partition coefficient (Wildman–Crippen LogP) is -0.260. The van der Waals surface area contributed by atoms with E-state index in [9.17, 15) is 19.2 Å². The lowest BCUT2D eigenvalue weighted by molar-refractivity contribution is -0.148. The van der Waals surface area contributed by atoms with Crippen molar-refractivity contribution in [3.63, 3.8) is 0 Å². The van der Waals surface area contributed by atoms with Crippen LogP contribution in [0.4, 0.5) is 0 Å². The highest BCUT2D eigenvalue weighted by Crippen LogP contribution is 2.02. The molecule has 0 aliphatic heterocycles. The summed E-state index contributed by atoms with van der Waals surface area (Å²) >= 11 is 0. The van der Waals surface area contributed by atoms with Crippen molar-refractivity contribution in [3.8, 4) is 0 Å². The Morgan fingerprint density at radius 2 is 1.03 bits per heavy atom. The number of aromatic nitrogens is 2. The molecule has 0 aliphatic rings. The van der Waals surface area contributed by atoms with Crippen molar-refractivity contribution in [1.82, 2.24) is 9.97 Å². The van der Waals surface area contributed by atoms with Gasteiger partial charge in [-0.15, -0.1) is 0 Å². The van der Waals surface area contributed by atoms with Crippen LogP contribution in [0.3, 0.4) is 0 Å². The topological polar surface area (TPSA) is 217 Å². The van der Waals surface area contributed by atoms with Crippen LogP contribution in [0.5, 0.6) is 0 Å². The molecule has 32 heavy (non-hydrogen) atoms. The zero-order valence-electron chi connectivity index (χ0n) is 19.5. The van der Waals surface area contributed by atoms with Gasteiger partial charge in [0.2, 0.25) is 0 Å². The van der Waals surface area contributed by atoms with Crippen molar-refractivity contribution in [1.29, 1.82) is 0 Å². The number of rotatable bonds is 8. The van der Waals surface area contributed by atoms with Gasteiger partial charge in [0.15, 0.2) is 0 Å². The van der Waals surface area contributed by atoms with Gasteiger partial charge in [0.1, 0.15) is 11.4 Å². The fourth-order valence-corrected chi connectivity index (χ4v) is 1.56. The number of hydrogen-bond donors (Lipinski definition) is 4. The van der Waals surface area contributed by atoms with E-state index in [1.54, 1.807) is 41.5 Å². The number of hydrogen-bond acceptors (Lipinski definition) is 10. The maximum absolute atomic E-state index is 10.9. The van der Waals surface area contributed by atoms with Crippen LogP contribution in [0, 0.1) is 11.8 Å². The van der Waals surface area contributed by atoms with Crippen molar-refractivity contribution in [2.24, 2.45) is 34.8 Å². The first-order chi connectivity index (χ1) is 14.8. The average molecular weight is 457 g/mol. The van der Waals surface area contributed by atoms with Gasteiger partial charge in [0.25, 0.3) is 11.8 Å². The highest BCUT2D eigenvalue weighted by Gasteiger charge is 2.18. The number of amides is 2. The van der Waals surface area contributed by atoms with E-state index < -0.39 is 11.8 Å². The standard InChI is InChI=1S/2C7H15NO2.C6H6N4O2/c2*1-4-10-7(9)5(2)6(3)8;7-5(11)3-1-9-4(2-10-3)6(8)12/h2*5-6H,4,8H2,1-3H3;1-2H,(H2,7,11)(H2,8,12)/t2*5?,6-;/m11./s1. The fraction of sp³-hybridized carbons (Fsp3) is 0.600. The van der Waals surface area contributed by atoms with Crippen LogP contribution in [-0.2, 0) is 19.1 Å². The molecule has 0 aromatic carbocycles. The van der Waals surface area contributed by atoms with Gasteiger partial charge in [-0.25, -0.2) is 9.97 Å². The van der Waals surface area contributed by atoms with Crippen LogP contribution in [0.2, 0.25) is 0 Å². The molecule has 12 heteroatoms. The Kier molecular flexibility index (Phi) is 16.1. The van der Waals surface area contributed by atoms with Crippen molar-refractivity contribution in [2.75, 3.05) is 13.2 Å². The Morgan fingerprint density at radius 3 is 1.19 bits per heavy atom. The van der Waals surface area contributed by atoms with E-state index >= 15 is 0 Å². The smallest absolute Gasteiger partial charge is 0.310 e. The Morgan fingerprint density at radius 1 is 0.750 bits per heavy atom. The van der Waals surface area contributed by atoms with E-state index in [1.165, 1.54) is 0 Å². The van der Waals surface area contributed by atoms with E-state index in [0.717, 1.165) is 12.4 Å². The summed E-state index contributed by atoms with van der Waals surface area (Å²) in [6.45, 7) is 11.5. The van der Waals surface area contributed by atoms with Gasteiger partial charge < -0.3 is 32.4 Å². The molecule has 0 spiro atoms. The van der Waals surface area contributed by atoms with Crippen LogP contribution in [0.15, 0.2) is 12.4 Å². The summed E-state index contributed by atoms with van der Waals surface area (Å²) in [5, 5.41) is 0. The molecule has 0 saturated heterocycles. The highest BCUT2D eigenvalue weighted by molar-refractivity contribution is 5.92. The molecule has 1 rings (SSSR count). The SMILES string of the molecule is CCOC(=O)C(C)[C@@H](C)N.CCOC(=O)C(C)[C@@H](C)N.NC(=O)c1cnc(C(N)=O)cn1. The van der Waals surface area contributed by atoms with Crippen LogP contribution in [0.1, 0.15) is 62.5 Å². The molecule has 0 radical (unpaired) electrons. The largest absolute Gasteiger partial charge is 0.466 e. The summed E-state index contributed by atoms with van der Waals surface area (Å²) in [5.74, 6) is -2.20. The molecule has 2 unspecified atom stereocenters. The van der Waals surface area contributed by atoms with Gasteiger partial charge in [-0.1, -0.05) is 13.8 Å². The van der Waals surface area contributed by atoms with E-state index in [-0.39, 0.29) is 47.2 Å². The predicted molar refractivity (Wildman–Crippen MR) is 118 cm³/mol. The number of carbonyl (C=O) groups is 4. The molecular weight excluding hydrogens is 420 g/mol. The first-order valence-electron chi connectivity index (χ1n) is 10.1. The van der Waals surface area contributed by atoms with Gasteiger partial charge in [-0.3, -0.25) is 19.2 Å². The second-order valence-electron chi connectivity index (χ2n) is 6.82. The molecule has 0 aliphatic carbocycles. The second kappa shape index (κ2) is 16.6. The third-order valence-corrected chi connectivity index (χ3v) is 4.05. The first kappa shape index (κ1) is 31.1. The van der Waals surface area contributed by atoms with E-state index in [2.05, 4.69) is 9.97 Å². The Bertz CT molecular complexity index is 663. The third kappa shape index (κ3) is 13.2. The van der Waals surface area contributed by atoms with Gasteiger partial charge >= 0.3 is 11.9 Å². The van der Waals surface area contributed by atoms with Crippen LogP contribution in [-0.4, -0.2) is 59.0 Å². The summed E-state index contributed by atoms with van der Waals surface area (Å²) in [4.78, 5) is 49.9. The summed E-state index contributed by atoms with van der Waals surface area (Å²) in [7, 11) is 0. The van der Waals surface area contributed by atoms with Crippen LogP contribution in [0.25, 0.3) is 0 Å². The van der Waals surface area contributed by atoms with Crippen molar-refractivity contribution >= 4 is 23.8 Å². The molecule has 1 aromatic rings. The van der Waals surface area contributed by atoms with Gasteiger partial charge in [0.05, 0.1) is 37.4 Å². The summed E-state index contributed by atoms with van der Waals surface area (Å²) in [6.07, 6.45) is 2.20. The Balaban J connectivity index is 0. The average Bonchev–Trinajstić information content (AvgIpc) is 2.73. The molecule has 2 amide bonds. The lowest BCUT2D eigenvalue weighted by Crippen LogP contribution is -2.31. The second-order valence-corrected chi connectivity index (χ2v) is 6.82. The number of primary amides is 2. The molecule has 12 nitrogen and oxygen atoms in total. The molecule has 8 N–H and O–H groups in total. The number of nitrogens with zero attached hydrogens (tertiary/aromatic N) is 2. The maximum Gasteiger partial charge on any atom is 0.310 e. The van der Waals surface area contributed by atoms with E-state index in [1.807, 2.05) is 0 Å². The molecule has 182 valence electrons. The zero-order chi connectivity index (χ0) is 25.4.